The molecule has 1 heterocycles. The number of hydrogen-bond acceptors (Lipinski definition) is 4. The highest BCUT2D eigenvalue weighted by atomic mass is 16.5. The predicted octanol–water partition coefficient (Wildman–Crippen LogP) is 1.79. The van der Waals surface area contributed by atoms with Crippen molar-refractivity contribution in [1.29, 1.82) is 0 Å². The normalized spacial score (nSPS) is 15.7. The third-order valence-electron chi connectivity index (χ3n) is 4.23. The van der Waals surface area contributed by atoms with Gasteiger partial charge in [-0.05, 0) is 25.5 Å². The van der Waals surface area contributed by atoms with Crippen LogP contribution < -0.4 is 15.1 Å². The van der Waals surface area contributed by atoms with E-state index in [1.807, 2.05) is 38.1 Å². The first kappa shape index (κ1) is 18.3. The minimum Gasteiger partial charge on any atom is -0.378 e. The van der Waals surface area contributed by atoms with Crippen LogP contribution in [-0.4, -0.2) is 50.7 Å². The highest BCUT2D eigenvalue weighted by Gasteiger charge is 2.22. The van der Waals surface area contributed by atoms with Crippen LogP contribution in [-0.2, 0) is 14.3 Å². The molecule has 1 saturated heterocycles. The molecule has 1 aliphatic rings. The first-order valence-corrected chi connectivity index (χ1v) is 8.52. The zero-order valence-electron chi connectivity index (χ0n) is 14.7. The number of morpholine rings is 1. The number of rotatable bonds is 6. The maximum atomic E-state index is 12.2. The summed E-state index contributed by atoms with van der Waals surface area (Å²) in [4.78, 5) is 28.2. The molecule has 0 radical (unpaired) electrons. The fourth-order valence-electron chi connectivity index (χ4n) is 2.70. The van der Waals surface area contributed by atoms with Gasteiger partial charge in [0.2, 0.25) is 11.8 Å². The zero-order valence-corrected chi connectivity index (χ0v) is 14.7. The Kier molecular flexibility index (Phi) is 6.61. The standard InChI is InChI=1S/C18H27N3O3/c1-4-14(2)19-18(23)13-21(15(3)22)17-8-6-5-7-16(17)20-9-11-24-12-10-20/h5-8,14H,4,9-13H2,1-3H3,(H,19,23). The molecule has 0 aromatic heterocycles. The molecule has 1 unspecified atom stereocenters. The molecule has 0 saturated carbocycles. The second kappa shape index (κ2) is 8.68. The molecule has 1 atom stereocenters. The van der Waals surface area contributed by atoms with Gasteiger partial charge in [-0.3, -0.25) is 9.59 Å². The summed E-state index contributed by atoms with van der Waals surface area (Å²) in [6.45, 7) is 8.39. The van der Waals surface area contributed by atoms with Gasteiger partial charge in [0.05, 0.1) is 24.6 Å². The number of carbonyl (C=O) groups excluding carboxylic acids is 2. The quantitative estimate of drug-likeness (QED) is 0.862. The summed E-state index contributed by atoms with van der Waals surface area (Å²) < 4.78 is 5.40. The van der Waals surface area contributed by atoms with Gasteiger partial charge >= 0.3 is 0 Å². The van der Waals surface area contributed by atoms with Gasteiger partial charge in [0.1, 0.15) is 6.54 Å². The fourth-order valence-corrected chi connectivity index (χ4v) is 2.70. The minimum absolute atomic E-state index is 0.0288. The Morgan fingerprint density at radius 2 is 1.96 bits per heavy atom. The van der Waals surface area contributed by atoms with Crippen LogP contribution in [0.15, 0.2) is 24.3 Å². The third kappa shape index (κ3) is 4.71. The maximum Gasteiger partial charge on any atom is 0.240 e. The molecule has 6 nitrogen and oxygen atoms in total. The molecule has 2 rings (SSSR count). The molecule has 1 aliphatic heterocycles. The number of para-hydroxylation sites is 2. The summed E-state index contributed by atoms with van der Waals surface area (Å²) in [6, 6.07) is 7.82. The summed E-state index contributed by atoms with van der Waals surface area (Å²) >= 11 is 0. The number of benzene rings is 1. The lowest BCUT2D eigenvalue weighted by atomic mass is 10.2. The van der Waals surface area contributed by atoms with E-state index in [1.165, 1.54) is 6.92 Å². The van der Waals surface area contributed by atoms with E-state index >= 15 is 0 Å². The van der Waals surface area contributed by atoms with Crippen LogP contribution in [0.2, 0.25) is 0 Å². The van der Waals surface area contributed by atoms with Crippen LogP contribution in [0, 0.1) is 0 Å². The Balaban J connectivity index is 2.21. The molecule has 0 aliphatic carbocycles. The van der Waals surface area contributed by atoms with Crippen molar-refractivity contribution in [3.05, 3.63) is 24.3 Å². The fraction of sp³-hybridized carbons (Fsp3) is 0.556. The van der Waals surface area contributed by atoms with E-state index in [-0.39, 0.29) is 24.4 Å². The molecule has 1 aromatic carbocycles. The van der Waals surface area contributed by atoms with Gasteiger partial charge in [-0.1, -0.05) is 19.1 Å². The van der Waals surface area contributed by atoms with Gasteiger partial charge in [0, 0.05) is 26.1 Å². The summed E-state index contributed by atoms with van der Waals surface area (Å²) in [6.07, 6.45) is 0.857. The molecular formula is C18H27N3O3. The topological polar surface area (TPSA) is 61.9 Å². The van der Waals surface area contributed by atoms with Crippen LogP contribution in [0.4, 0.5) is 11.4 Å². The first-order chi connectivity index (χ1) is 11.5. The van der Waals surface area contributed by atoms with Gasteiger partial charge in [0.15, 0.2) is 0 Å². The van der Waals surface area contributed by atoms with Crippen LogP contribution in [0.3, 0.4) is 0 Å². The van der Waals surface area contributed by atoms with Crippen LogP contribution in [0.25, 0.3) is 0 Å². The van der Waals surface area contributed by atoms with E-state index in [9.17, 15) is 9.59 Å². The van der Waals surface area contributed by atoms with E-state index < -0.39 is 0 Å². The highest BCUT2D eigenvalue weighted by molar-refractivity contribution is 6.00. The molecule has 0 bridgehead atoms. The highest BCUT2D eigenvalue weighted by Crippen LogP contribution is 2.30. The number of hydrogen-bond donors (Lipinski definition) is 1. The number of anilines is 2. The van der Waals surface area contributed by atoms with Gasteiger partial charge < -0.3 is 19.9 Å². The van der Waals surface area contributed by atoms with Gasteiger partial charge in [-0.25, -0.2) is 0 Å². The second-order valence-electron chi connectivity index (χ2n) is 6.07. The summed E-state index contributed by atoms with van der Waals surface area (Å²) in [5, 5.41) is 2.92. The monoisotopic (exact) mass is 333 g/mol. The minimum atomic E-state index is -0.144. The average molecular weight is 333 g/mol. The van der Waals surface area contributed by atoms with E-state index in [0.29, 0.717) is 13.2 Å². The Morgan fingerprint density at radius 3 is 2.58 bits per heavy atom. The summed E-state index contributed by atoms with van der Waals surface area (Å²) in [7, 11) is 0. The van der Waals surface area contributed by atoms with Gasteiger partial charge in [-0.15, -0.1) is 0 Å². The zero-order chi connectivity index (χ0) is 17.5. The second-order valence-corrected chi connectivity index (χ2v) is 6.07. The predicted molar refractivity (Wildman–Crippen MR) is 95.4 cm³/mol. The number of nitrogens with one attached hydrogen (secondary N) is 1. The maximum absolute atomic E-state index is 12.2. The van der Waals surface area contributed by atoms with E-state index in [2.05, 4.69) is 10.2 Å². The van der Waals surface area contributed by atoms with Crippen molar-refractivity contribution >= 4 is 23.2 Å². The van der Waals surface area contributed by atoms with E-state index in [0.717, 1.165) is 30.9 Å². The largest absolute Gasteiger partial charge is 0.378 e. The van der Waals surface area contributed by atoms with E-state index in [4.69, 9.17) is 4.74 Å². The van der Waals surface area contributed by atoms with Crippen molar-refractivity contribution in [3.63, 3.8) is 0 Å². The molecule has 132 valence electrons. The third-order valence-corrected chi connectivity index (χ3v) is 4.23. The molecule has 0 spiro atoms. The van der Waals surface area contributed by atoms with E-state index in [1.54, 1.807) is 4.90 Å². The average Bonchev–Trinajstić information content (AvgIpc) is 2.60. The van der Waals surface area contributed by atoms with Crippen molar-refractivity contribution in [1.82, 2.24) is 5.32 Å². The lowest BCUT2D eigenvalue weighted by Crippen LogP contribution is -2.44. The van der Waals surface area contributed by atoms with Crippen LogP contribution in [0.5, 0.6) is 0 Å². The first-order valence-electron chi connectivity index (χ1n) is 8.52. The molecule has 6 heteroatoms. The number of nitrogens with zero attached hydrogens (tertiary/aromatic N) is 2. The Hall–Kier alpha value is -2.08. The summed E-state index contributed by atoms with van der Waals surface area (Å²) in [5.41, 5.74) is 1.73. The summed E-state index contributed by atoms with van der Waals surface area (Å²) in [5.74, 6) is -0.286. The smallest absolute Gasteiger partial charge is 0.240 e. The van der Waals surface area contributed by atoms with Crippen molar-refractivity contribution in [2.45, 2.75) is 33.2 Å². The lowest BCUT2D eigenvalue weighted by molar-refractivity contribution is -0.123. The Bertz CT molecular complexity index is 570. The molecule has 24 heavy (non-hydrogen) atoms. The number of carbonyl (C=O) groups is 2. The van der Waals surface area contributed by atoms with Crippen molar-refractivity contribution in [3.8, 4) is 0 Å². The molecule has 1 N–H and O–H groups in total. The van der Waals surface area contributed by atoms with Gasteiger partial charge in [-0.2, -0.15) is 0 Å². The molecule has 2 amide bonds. The SMILES string of the molecule is CCC(C)NC(=O)CN(C(C)=O)c1ccccc1N1CCOCC1. The Morgan fingerprint density at radius 1 is 1.29 bits per heavy atom. The lowest BCUT2D eigenvalue weighted by Gasteiger charge is -2.33. The van der Waals surface area contributed by atoms with Crippen LogP contribution in [0.1, 0.15) is 27.2 Å². The molecule has 1 aromatic rings. The van der Waals surface area contributed by atoms with Crippen molar-refractivity contribution in [2.24, 2.45) is 0 Å². The molecular weight excluding hydrogens is 306 g/mol. The number of amides is 2. The Labute approximate surface area is 143 Å². The van der Waals surface area contributed by atoms with Crippen LogP contribution >= 0.6 is 0 Å². The number of ether oxygens (including phenoxy) is 1. The molecule has 1 fully saturated rings. The van der Waals surface area contributed by atoms with Gasteiger partial charge in [0.25, 0.3) is 0 Å². The van der Waals surface area contributed by atoms with Crippen molar-refractivity contribution in [2.75, 3.05) is 42.6 Å². The van der Waals surface area contributed by atoms with Crippen molar-refractivity contribution < 1.29 is 14.3 Å².